The molecule has 5 N–H and O–H groups in total. The Morgan fingerprint density at radius 1 is 1.05 bits per heavy atom. The number of aliphatic hydroxyl groups excluding tert-OH is 1. The van der Waals surface area contributed by atoms with E-state index < -0.39 is 82.1 Å². The van der Waals surface area contributed by atoms with Crippen molar-refractivity contribution in [3.05, 3.63) is 41.2 Å². The molecular formula is C29H33N3O9. The van der Waals surface area contributed by atoms with Crippen LogP contribution in [0.1, 0.15) is 34.5 Å². The zero-order chi connectivity index (χ0) is 30.3. The molecule has 2 aromatic rings. The maximum atomic E-state index is 14.1. The second kappa shape index (κ2) is 9.69. The van der Waals surface area contributed by atoms with Crippen LogP contribution in [0.15, 0.2) is 28.7 Å². The van der Waals surface area contributed by atoms with E-state index in [1.165, 1.54) is 19.0 Å². The summed E-state index contributed by atoms with van der Waals surface area (Å²) >= 11 is 0. The largest absolute Gasteiger partial charge is 0.506 e. The first-order chi connectivity index (χ1) is 19.1. The zero-order valence-corrected chi connectivity index (χ0v) is 23.3. The number of rotatable bonds is 5. The predicted octanol–water partition coefficient (Wildman–Crippen LogP) is -0.280. The number of phenolic OH excluding ortho intramolecular Hbond substituents is 1. The van der Waals surface area contributed by atoms with Crippen molar-refractivity contribution < 1.29 is 43.7 Å². The Balaban J connectivity index is 1.65. The van der Waals surface area contributed by atoms with Crippen molar-refractivity contribution in [3.63, 3.8) is 0 Å². The van der Waals surface area contributed by atoms with Crippen LogP contribution in [0, 0.1) is 23.7 Å². The minimum atomic E-state index is -3.04. The standard InChI is InChI=1S/C29H33N3O9/c1-11-13-7-8-14(15-9-6-12(41-15)10-31(2)3)22(33)17(13)23(34)18-16(11)24(35)20-21(32(4)5)25(36)19(28(30)39)27(38)29(20,40)26(18)37/h6-9,11,16,18-21,24,33,35,40H,10H2,1-5H3,(H2,30,39)/t11-,16+,18?,19?,20+,21-,24-,29-/m0/s1. The number of aliphatic hydroxyl groups is 2. The molecule has 218 valence electrons. The minimum Gasteiger partial charge on any atom is -0.506 e. The Morgan fingerprint density at radius 3 is 2.29 bits per heavy atom. The molecular weight excluding hydrogens is 534 g/mol. The fourth-order valence-electron chi connectivity index (χ4n) is 7.11. The van der Waals surface area contributed by atoms with Crippen LogP contribution in [-0.4, -0.2) is 100 Å². The van der Waals surface area contributed by atoms with E-state index in [0.29, 0.717) is 17.9 Å². The summed E-state index contributed by atoms with van der Waals surface area (Å²) in [6, 6.07) is 5.16. The lowest BCUT2D eigenvalue weighted by Crippen LogP contribution is -2.77. The fourth-order valence-corrected chi connectivity index (χ4v) is 7.11. The molecule has 41 heavy (non-hydrogen) atoms. The van der Waals surface area contributed by atoms with Crippen molar-refractivity contribution in [2.45, 2.75) is 37.1 Å². The maximum absolute atomic E-state index is 14.1. The molecule has 5 rings (SSSR count). The van der Waals surface area contributed by atoms with Crippen LogP contribution in [0.4, 0.5) is 0 Å². The summed E-state index contributed by atoms with van der Waals surface area (Å²) in [5, 5.41) is 34.7. The van der Waals surface area contributed by atoms with Gasteiger partial charge >= 0.3 is 0 Å². The number of ketones is 4. The highest BCUT2D eigenvalue weighted by Gasteiger charge is 2.72. The second-order valence-corrected chi connectivity index (χ2v) is 11.8. The van der Waals surface area contributed by atoms with Gasteiger partial charge in [0.2, 0.25) is 5.91 Å². The van der Waals surface area contributed by atoms with Crippen molar-refractivity contribution in [1.29, 1.82) is 0 Å². The molecule has 8 atom stereocenters. The predicted molar refractivity (Wildman–Crippen MR) is 143 cm³/mol. The van der Waals surface area contributed by atoms with Crippen molar-refractivity contribution >= 4 is 29.0 Å². The van der Waals surface area contributed by atoms with Gasteiger partial charge in [-0.1, -0.05) is 13.0 Å². The van der Waals surface area contributed by atoms with E-state index in [9.17, 15) is 39.3 Å². The number of carbonyl (C=O) groups is 5. The summed E-state index contributed by atoms with van der Waals surface area (Å²) in [4.78, 5) is 70.1. The molecule has 0 radical (unpaired) electrons. The Kier molecular flexibility index (Phi) is 6.81. The molecule has 2 saturated carbocycles. The van der Waals surface area contributed by atoms with Crippen molar-refractivity contribution in [2.75, 3.05) is 28.2 Å². The Morgan fingerprint density at radius 2 is 1.71 bits per heavy atom. The number of hydrogen-bond acceptors (Lipinski definition) is 11. The summed E-state index contributed by atoms with van der Waals surface area (Å²) in [7, 11) is 6.62. The molecule has 2 fully saturated rings. The first-order valence-electron chi connectivity index (χ1n) is 13.3. The molecule has 3 aliphatic rings. The van der Waals surface area contributed by atoms with Gasteiger partial charge in [-0.05, 0) is 57.9 Å². The molecule has 12 nitrogen and oxygen atoms in total. The quantitative estimate of drug-likeness (QED) is 0.347. The summed E-state index contributed by atoms with van der Waals surface area (Å²) in [6.07, 6.45) is -1.68. The number of benzene rings is 1. The number of hydrogen-bond donors (Lipinski definition) is 4. The van der Waals surface area contributed by atoms with Gasteiger partial charge < -0.3 is 30.4 Å². The molecule has 3 aliphatic carbocycles. The number of aromatic hydroxyl groups is 1. The zero-order valence-electron chi connectivity index (χ0n) is 23.3. The molecule has 0 spiro atoms. The van der Waals surface area contributed by atoms with E-state index in [1.54, 1.807) is 31.2 Å². The molecule has 1 heterocycles. The third-order valence-electron chi connectivity index (χ3n) is 8.89. The average Bonchev–Trinajstić information content (AvgIpc) is 3.33. The number of primary amides is 1. The fraction of sp³-hybridized carbons (Fsp3) is 0.483. The maximum Gasteiger partial charge on any atom is 0.235 e. The highest BCUT2D eigenvalue weighted by molar-refractivity contribution is 6.32. The van der Waals surface area contributed by atoms with Crippen LogP contribution in [0.2, 0.25) is 0 Å². The Labute approximate surface area is 235 Å². The topological polar surface area (TPSA) is 192 Å². The van der Waals surface area contributed by atoms with E-state index in [0.717, 1.165) is 0 Å². The van der Waals surface area contributed by atoms with Crippen LogP contribution in [0.25, 0.3) is 11.3 Å². The lowest BCUT2D eigenvalue weighted by molar-refractivity contribution is -0.196. The number of amides is 1. The molecule has 12 heteroatoms. The van der Waals surface area contributed by atoms with Gasteiger partial charge in [-0.3, -0.25) is 28.9 Å². The summed E-state index contributed by atoms with van der Waals surface area (Å²) in [5.41, 5.74) is 2.69. The normalized spacial score (nSPS) is 33.1. The average molecular weight is 568 g/mol. The second-order valence-electron chi connectivity index (χ2n) is 11.8. The lowest BCUT2D eigenvalue weighted by atomic mass is 9.49. The number of nitrogens with zero attached hydrogens (tertiary/aromatic N) is 2. The molecule has 1 amide bonds. The van der Waals surface area contributed by atoms with Gasteiger partial charge in [-0.2, -0.15) is 0 Å². The van der Waals surface area contributed by atoms with Gasteiger partial charge in [0.25, 0.3) is 0 Å². The van der Waals surface area contributed by atoms with Crippen LogP contribution < -0.4 is 5.73 Å². The summed E-state index contributed by atoms with van der Waals surface area (Å²) in [5.74, 6) is -12.7. The molecule has 0 bridgehead atoms. The van der Waals surface area contributed by atoms with Gasteiger partial charge in [0.15, 0.2) is 34.7 Å². The number of carbonyl (C=O) groups excluding carboxylic acids is 5. The third-order valence-corrected chi connectivity index (χ3v) is 8.89. The van der Waals surface area contributed by atoms with Crippen LogP contribution in [-0.2, 0) is 25.7 Å². The molecule has 0 aliphatic heterocycles. The number of phenols is 1. The van der Waals surface area contributed by atoms with Crippen molar-refractivity contribution in [3.8, 4) is 17.1 Å². The van der Waals surface area contributed by atoms with Gasteiger partial charge in [0, 0.05) is 5.92 Å². The van der Waals surface area contributed by atoms with E-state index in [2.05, 4.69) is 0 Å². The third kappa shape index (κ3) is 3.92. The summed E-state index contributed by atoms with van der Waals surface area (Å²) < 4.78 is 5.85. The van der Waals surface area contributed by atoms with E-state index in [4.69, 9.17) is 10.2 Å². The van der Waals surface area contributed by atoms with Gasteiger partial charge in [-0.25, -0.2) is 0 Å². The number of fused-ring (bicyclic) bond motifs is 3. The van der Waals surface area contributed by atoms with E-state index >= 15 is 0 Å². The number of Topliss-reactive ketones (excluding diaryl/α,β-unsaturated/α-hetero) is 4. The monoisotopic (exact) mass is 567 g/mol. The van der Waals surface area contributed by atoms with Crippen LogP contribution in [0.5, 0.6) is 5.75 Å². The van der Waals surface area contributed by atoms with Crippen molar-refractivity contribution in [1.82, 2.24) is 9.80 Å². The van der Waals surface area contributed by atoms with Gasteiger partial charge in [0.05, 0.1) is 41.7 Å². The summed E-state index contributed by atoms with van der Waals surface area (Å²) in [6.45, 7) is 2.16. The first kappa shape index (κ1) is 28.8. The lowest BCUT2D eigenvalue weighted by Gasteiger charge is -2.56. The highest BCUT2D eigenvalue weighted by Crippen LogP contribution is 2.55. The first-order valence-corrected chi connectivity index (χ1v) is 13.3. The molecule has 1 aromatic carbocycles. The number of furan rings is 1. The van der Waals surface area contributed by atoms with Crippen LogP contribution >= 0.6 is 0 Å². The number of likely N-dealkylation sites (N-methyl/N-ethyl adjacent to an activating group) is 1. The molecule has 2 unspecified atom stereocenters. The molecule has 1 aromatic heterocycles. The molecule has 0 saturated heterocycles. The van der Waals surface area contributed by atoms with Crippen LogP contribution in [0.3, 0.4) is 0 Å². The Bertz CT molecular complexity index is 1490. The van der Waals surface area contributed by atoms with E-state index in [-0.39, 0.29) is 16.9 Å². The highest BCUT2D eigenvalue weighted by atomic mass is 16.3. The minimum absolute atomic E-state index is 0.181. The van der Waals surface area contributed by atoms with Gasteiger partial charge in [-0.15, -0.1) is 0 Å². The Hall–Kier alpha value is -3.71. The van der Waals surface area contributed by atoms with Crippen molar-refractivity contribution in [2.24, 2.45) is 29.4 Å². The van der Waals surface area contributed by atoms with E-state index in [1.807, 2.05) is 19.0 Å². The number of nitrogens with two attached hydrogens (primary N) is 1. The smallest absolute Gasteiger partial charge is 0.235 e. The SMILES string of the molecule is C[C@H]1c2ccc(-c3ccc(CN(C)C)o3)c(O)c2C(=O)C2C(=O)[C@]3(O)C(=O)C(C(N)=O)C(=O)[C@@H](N(C)C)[C@@H]3[C@@H](O)[C@@H]21. The van der Waals surface area contributed by atoms with Gasteiger partial charge in [0.1, 0.15) is 17.3 Å².